The van der Waals surface area contributed by atoms with Crippen LogP contribution in [0, 0.1) is 18.8 Å². The summed E-state index contributed by atoms with van der Waals surface area (Å²) in [7, 11) is 0. The van der Waals surface area contributed by atoms with E-state index in [4.69, 9.17) is 0 Å². The Morgan fingerprint density at radius 2 is 1.54 bits per heavy atom. The third-order valence-electron chi connectivity index (χ3n) is 4.68. The maximum absolute atomic E-state index is 11.4. The van der Waals surface area contributed by atoms with Crippen molar-refractivity contribution in [2.75, 3.05) is 19.6 Å². The molecule has 0 bridgehead atoms. The van der Waals surface area contributed by atoms with Gasteiger partial charge < -0.3 is 5.11 Å². The molecule has 24 heavy (non-hydrogen) atoms. The van der Waals surface area contributed by atoms with Gasteiger partial charge >= 0.3 is 0 Å². The molecule has 0 spiro atoms. The minimum absolute atomic E-state index is 0.723. The van der Waals surface area contributed by atoms with E-state index in [2.05, 4.69) is 16.7 Å². The van der Waals surface area contributed by atoms with Crippen LogP contribution in [0.25, 0.3) is 0 Å². The van der Waals surface area contributed by atoms with Crippen molar-refractivity contribution in [2.24, 2.45) is 0 Å². The van der Waals surface area contributed by atoms with Crippen LogP contribution >= 0.6 is 0 Å². The molecular formula is C22H25NO. The van der Waals surface area contributed by atoms with Gasteiger partial charge in [-0.15, -0.1) is 0 Å². The molecule has 1 fully saturated rings. The van der Waals surface area contributed by atoms with Gasteiger partial charge in [-0.3, -0.25) is 4.90 Å². The number of benzene rings is 2. The Kier molecular flexibility index (Phi) is 5.35. The van der Waals surface area contributed by atoms with Gasteiger partial charge in [0.05, 0.1) is 6.54 Å². The van der Waals surface area contributed by atoms with Crippen LogP contribution in [0.3, 0.4) is 0 Å². The number of hydrogen-bond donors (Lipinski definition) is 1. The van der Waals surface area contributed by atoms with E-state index in [1.165, 1.54) is 24.8 Å². The van der Waals surface area contributed by atoms with Gasteiger partial charge in [-0.2, -0.15) is 0 Å². The van der Waals surface area contributed by atoms with Crippen LogP contribution in [0.15, 0.2) is 54.6 Å². The molecule has 1 unspecified atom stereocenters. The summed E-state index contributed by atoms with van der Waals surface area (Å²) in [4.78, 5) is 2.37. The summed E-state index contributed by atoms with van der Waals surface area (Å²) < 4.78 is 0. The fraction of sp³-hybridized carbons (Fsp3) is 0.364. The zero-order valence-corrected chi connectivity index (χ0v) is 14.3. The molecule has 124 valence electrons. The van der Waals surface area contributed by atoms with Crippen LogP contribution in [0.1, 0.15) is 36.0 Å². The van der Waals surface area contributed by atoms with Crippen LogP contribution < -0.4 is 0 Å². The van der Waals surface area contributed by atoms with Gasteiger partial charge in [0, 0.05) is 11.1 Å². The van der Waals surface area contributed by atoms with E-state index in [9.17, 15) is 5.11 Å². The second-order valence-electron chi connectivity index (χ2n) is 6.58. The second-order valence-corrected chi connectivity index (χ2v) is 6.58. The summed E-state index contributed by atoms with van der Waals surface area (Å²) in [5.41, 5.74) is 1.56. The van der Waals surface area contributed by atoms with Crippen LogP contribution in [-0.2, 0) is 5.60 Å². The predicted molar refractivity (Wildman–Crippen MR) is 98.7 cm³/mol. The van der Waals surface area contributed by atoms with Crippen molar-refractivity contribution in [1.29, 1.82) is 0 Å². The van der Waals surface area contributed by atoms with Crippen molar-refractivity contribution in [3.63, 3.8) is 0 Å². The monoisotopic (exact) mass is 319 g/mol. The van der Waals surface area contributed by atoms with Crippen LogP contribution in [-0.4, -0.2) is 29.6 Å². The maximum Gasteiger partial charge on any atom is 0.176 e. The third-order valence-corrected chi connectivity index (χ3v) is 4.68. The summed E-state index contributed by atoms with van der Waals surface area (Å²) in [5.74, 6) is 6.39. The van der Waals surface area contributed by atoms with Crippen molar-refractivity contribution in [3.05, 3.63) is 71.3 Å². The molecule has 0 aromatic heterocycles. The minimum Gasteiger partial charge on any atom is -0.369 e. The normalized spacial score (nSPS) is 17.6. The molecule has 1 heterocycles. The molecule has 1 atom stereocenters. The van der Waals surface area contributed by atoms with Crippen LogP contribution in [0.4, 0.5) is 0 Å². The summed E-state index contributed by atoms with van der Waals surface area (Å²) in [6, 6.07) is 17.7. The zero-order chi connectivity index (χ0) is 16.8. The highest BCUT2D eigenvalue weighted by molar-refractivity contribution is 5.45. The molecule has 1 saturated heterocycles. The van der Waals surface area contributed by atoms with E-state index < -0.39 is 5.60 Å². The lowest BCUT2D eigenvalue weighted by atomic mass is 9.86. The Morgan fingerprint density at radius 1 is 0.917 bits per heavy atom. The smallest absolute Gasteiger partial charge is 0.176 e. The molecule has 2 nitrogen and oxygen atoms in total. The lowest BCUT2D eigenvalue weighted by molar-refractivity contribution is 0.145. The number of hydrogen-bond acceptors (Lipinski definition) is 2. The quantitative estimate of drug-likeness (QED) is 0.872. The van der Waals surface area contributed by atoms with Crippen molar-refractivity contribution >= 4 is 0 Å². The molecule has 0 radical (unpaired) electrons. The highest BCUT2D eigenvalue weighted by Gasteiger charge is 2.29. The standard InChI is InChI=1S/C22H25NO/c1-19-11-13-21(14-12-19)22(24,20-9-4-2-5-10-20)15-8-18-23-16-6-3-7-17-23/h2,4-5,9-14,24H,3,6-7,16-18H2,1H3. The average molecular weight is 319 g/mol. The van der Waals surface area contributed by atoms with Gasteiger partial charge in [-0.05, 0) is 32.9 Å². The van der Waals surface area contributed by atoms with Crippen molar-refractivity contribution in [2.45, 2.75) is 31.8 Å². The van der Waals surface area contributed by atoms with E-state index >= 15 is 0 Å². The molecule has 2 aromatic carbocycles. The molecule has 0 aliphatic carbocycles. The molecule has 2 heteroatoms. The van der Waals surface area contributed by atoms with E-state index in [0.717, 1.165) is 30.8 Å². The zero-order valence-electron chi connectivity index (χ0n) is 14.3. The van der Waals surface area contributed by atoms with Gasteiger partial charge in [0.25, 0.3) is 0 Å². The maximum atomic E-state index is 11.4. The number of piperidine rings is 1. The molecule has 3 rings (SSSR count). The molecular weight excluding hydrogens is 294 g/mol. The molecule has 1 aliphatic heterocycles. The first-order valence-electron chi connectivity index (χ1n) is 8.76. The lowest BCUT2D eigenvalue weighted by Gasteiger charge is -2.25. The van der Waals surface area contributed by atoms with E-state index in [1.807, 2.05) is 61.5 Å². The highest BCUT2D eigenvalue weighted by atomic mass is 16.3. The Labute approximate surface area is 145 Å². The molecule has 0 saturated carbocycles. The van der Waals surface area contributed by atoms with E-state index in [-0.39, 0.29) is 0 Å². The predicted octanol–water partition coefficient (Wildman–Crippen LogP) is 3.72. The second kappa shape index (κ2) is 7.66. The number of likely N-dealkylation sites (tertiary alicyclic amines) is 1. The fourth-order valence-corrected chi connectivity index (χ4v) is 3.18. The highest BCUT2D eigenvalue weighted by Crippen LogP contribution is 2.29. The molecule has 0 amide bonds. The molecule has 1 aliphatic rings. The Hall–Kier alpha value is -2.08. The van der Waals surface area contributed by atoms with Crippen LogP contribution in [0.5, 0.6) is 0 Å². The van der Waals surface area contributed by atoms with Crippen LogP contribution in [0.2, 0.25) is 0 Å². The largest absolute Gasteiger partial charge is 0.369 e. The summed E-state index contributed by atoms with van der Waals surface area (Å²) >= 11 is 0. The van der Waals surface area contributed by atoms with E-state index in [0.29, 0.717) is 0 Å². The summed E-state index contributed by atoms with van der Waals surface area (Å²) in [5, 5.41) is 11.4. The molecule has 1 N–H and O–H groups in total. The Balaban J connectivity index is 1.89. The average Bonchev–Trinajstić information content (AvgIpc) is 2.64. The van der Waals surface area contributed by atoms with Crippen molar-refractivity contribution in [3.8, 4) is 11.8 Å². The number of aryl methyl sites for hydroxylation is 1. The Morgan fingerprint density at radius 3 is 2.21 bits per heavy atom. The molecule has 2 aromatic rings. The minimum atomic E-state index is -1.26. The first-order chi connectivity index (χ1) is 11.7. The van der Waals surface area contributed by atoms with Crippen molar-refractivity contribution < 1.29 is 5.11 Å². The lowest BCUT2D eigenvalue weighted by Crippen LogP contribution is -2.30. The third kappa shape index (κ3) is 3.87. The van der Waals surface area contributed by atoms with Gasteiger partial charge in [0.2, 0.25) is 0 Å². The van der Waals surface area contributed by atoms with Crippen molar-refractivity contribution in [1.82, 2.24) is 4.90 Å². The van der Waals surface area contributed by atoms with Gasteiger partial charge in [0.15, 0.2) is 5.60 Å². The SMILES string of the molecule is Cc1ccc(C(O)(C#CCN2CCCCC2)c2ccccc2)cc1. The van der Waals surface area contributed by atoms with Gasteiger partial charge in [-0.1, -0.05) is 78.4 Å². The number of nitrogens with zero attached hydrogens (tertiary/aromatic N) is 1. The Bertz CT molecular complexity index is 705. The first kappa shape index (κ1) is 16.8. The topological polar surface area (TPSA) is 23.5 Å². The van der Waals surface area contributed by atoms with Gasteiger partial charge in [-0.25, -0.2) is 0 Å². The number of aliphatic hydroxyl groups is 1. The van der Waals surface area contributed by atoms with Gasteiger partial charge in [0.1, 0.15) is 0 Å². The number of rotatable bonds is 3. The fourth-order valence-electron chi connectivity index (χ4n) is 3.18. The van der Waals surface area contributed by atoms with E-state index in [1.54, 1.807) is 0 Å². The summed E-state index contributed by atoms with van der Waals surface area (Å²) in [6.07, 6.45) is 3.83. The summed E-state index contributed by atoms with van der Waals surface area (Å²) in [6.45, 7) is 5.00. The first-order valence-corrected chi connectivity index (χ1v) is 8.76.